The van der Waals surface area contributed by atoms with Crippen molar-refractivity contribution in [3.8, 4) is 0 Å². The summed E-state index contributed by atoms with van der Waals surface area (Å²) in [6.45, 7) is 2.07. The van der Waals surface area contributed by atoms with Gasteiger partial charge in [-0.05, 0) is 40.3 Å². The maximum Gasteiger partial charge on any atom is 0.177 e. The highest BCUT2D eigenvalue weighted by molar-refractivity contribution is 7.12. The first-order chi connectivity index (χ1) is 9.25. The van der Waals surface area contributed by atoms with E-state index in [1.54, 1.807) is 0 Å². The van der Waals surface area contributed by atoms with Crippen molar-refractivity contribution in [1.29, 1.82) is 0 Å². The van der Waals surface area contributed by atoms with Crippen molar-refractivity contribution in [1.82, 2.24) is 0 Å². The molecule has 0 atom stereocenters. The van der Waals surface area contributed by atoms with Gasteiger partial charge in [-0.2, -0.15) is 0 Å². The van der Waals surface area contributed by atoms with Gasteiger partial charge in [-0.15, -0.1) is 11.3 Å². The summed E-state index contributed by atoms with van der Waals surface area (Å²) in [6.07, 6.45) is 0.480. The number of fused-ring (bicyclic) bond motifs is 1. The summed E-state index contributed by atoms with van der Waals surface area (Å²) < 4.78 is 0. The Labute approximate surface area is 116 Å². The van der Waals surface area contributed by atoms with E-state index in [4.69, 9.17) is 0 Å². The number of hydrogen-bond donors (Lipinski definition) is 0. The van der Waals surface area contributed by atoms with E-state index in [-0.39, 0.29) is 5.78 Å². The fourth-order valence-corrected chi connectivity index (χ4v) is 3.03. The van der Waals surface area contributed by atoms with Crippen LogP contribution < -0.4 is 0 Å². The number of thiophene rings is 1. The van der Waals surface area contributed by atoms with Crippen molar-refractivity contribution in [2.45, 2.75) is 13.3 Å². The highest BCUT2D eigenvalue weighted by Crippen LogP contribution is 2.24. The van der Waals surface area contributed by atoms with Crippen LogP contribution in [-0.2, 0) is 6.42 Å². The average molecular weight is 266 g/mol. The Hall–Kier alpha value is -1.93. The van der Waals surface area contributed by atoms with E-state index in [1.165, 1.54) is 27.7 Å². The van der Waals surface area contributed by atoms with Gasteiger partial charge in [0, 0.05) is 6.42 Å². The summed E-state index contributed by atoms with van der Waals surface area (Å²) in [7, 11) is 0. The molecule has 0 aliphatic rings. The van der Waals surface area contributed by atoms with Gasteiger partial charge in [0.2, 0.25) is 0 Å². The molecule has 1 nitrogen and oxygen atoms in total. The molecule has 0 saturated heterocycles. The first-order valence-corrected chi connectivity index (χ1v) is 7.17. The Kier molecular flexibility index (Phi) is 3.18. The number of rotatable bonds is 3. The Morgan fingerprint density at radius 3 is 2.68 bits per heavy atom. The minimum absolute atomic E-state index is 0.203. The Morgan fingerprint density at radius 2 is 1.89 bits per heavy atom. The molecule has 0 fully saturated rings. The fourth-order valence-electron chi connectivity index (χ4n) is 2.36. The second-order valence-electron chi connectivity index (χ2n) is 4.66. The van der Waals surface area contributed by atoms with Crippen LogP contribution in [0.1, 0.15) is 20.8 Å². The second kappa shape index (κ2) is 4.98. The summed E-state index contributed by atoms with van der Waals surface area (Å²) in [4.78, 5) is 13.1. The van der Waals surface area contributed by atoms with Crippen LogP contribution in [0.4, 0.5) is 0 Å². The standard InChI is InChI=1S/C17H14OS/c1-12-8-9-13-5-2-3-6-14(13)15(12)11-16(18)17-7-4-10-19-17/h2-10H,11H2,1H3. The molecule has 1 heterocycles. The third kappa shape index (κ3) is 2.32. The molecular weight excluding hydrogens is 252 g/mol. The zero-order valence-corrected chi connectivity index (χ0v) is 11.5. The third-order valence-corrected chi connectivity index (χ3v) is 4.32. The molecule has 0 N–H and O–H groups in total. The highest BCUT2D eigenvalue weighted by Gasteiger charge is 2.12. The maximum atomic E-state index is 12.3. The van der Waals surface area contributed by atoms with E-state index in [2.05, 4.69) is 31.2 Å². The minimum Gasteiger partial charge on any atom is -0.293 e. The van der Waals surface area contributed by atoms with Crippen LogP contribution >= 0.6 is 11.3 Å². The molecule has 94 valence electrons. The molecule has 2 aromatic carbocycles. The SMILES string of the molecule is Cc1ccc2ccccc2c1CC(=O)c1cccs1. The lowest BCUT2D eigenvalue weighted by Gasteiger charge is -2.09. The predicted molar refractivity (Wildman–Crippen MR) is 81.0 cm³/mol. The van der Waals surface area contributed by atoms with E-state index in [0.29, 0.717) is 6.42 Å². The van der Waals surface area contributed by atoms with Gasteiger partial charge in [0.1, 0.15) is 0 Å². The van der Waals surface area contributed by atoms with Crippen LogP contribution in [0.2, 0.25) is 0 Å². The van der Waals surface area contributed by atoms with Crippen molar-refractivity contribution < 1.29 is 4.79 Å². The van der Waals surface area contributed by atoms with Crippen LogP contribution in [0.25, 0.3) is 10.8 Å². The molecule has 0 aliphatic carbocycles. The van der Waals surface area contributed by atoms with Crippen LogP contribution in [0.5, 0.6) is 0 Å². The van der Waals surface area contributed by atoms with Crippen molar-refractivity contribution >= 4 is 27.9 Å². The number of aryl methyl sites for hydroxylation is 1. The van der Waals surface area contributed by atoms with Gasteiger partial charge in [-0.3, -0.25) is 4.79 Å². The van der Waals surface area contributed by atoms with Crippen LogP contribution in [0.3, 0.4) is 0 Å². The number of hydrogen-bond acceptors (Lipinski definition) is 2. The van der Waals surface area contributed by atoms with Crippen LogP contribution in [-0.4, -0.2) is 5.78 Å². The maximum absolute atomic E-state index is 12.3. The number of Topliss-reactive ketones (excluding diaryl/α,β-unsaturated/α-hetero) is 1. The highest BCUT2D eigenvalue weighted by atomic mass is 32.1. The number of carbonyl (C=O) groups excluding carboxylic acids is 1. The van der Waals surface area contributed by atoms with Gasteiger partial charge in [-0.1, -0.05) is 42.5 Å². The first-order valence-electron chi connectivity index (χ1n) is 6.29. The van der Waals surface area contributed by atoms with Gasteiger partial charge < -0.3 is 0 Å². The average Bonchev–Trinajstić information content (AvgIpc) is 2.96. The van der Waals surface area contributed by atoms with Gasteiger partial charge in [-0.25, -0.2) is 0 Å². The summed E-state index contributed by atoms with van der Waals surface area (Å²) >= 11 is 1.51. The molecule has 3 aromatic rings. The quantitative estimate of drug-likeness (QED) is 0.631. The monoisotopic (exact) mass is 266 g/mol. The second-order valence-corrected chi connectivity index (χ2v) is 5.61. The number of carbonyl (C=O) groups is 1. The normalized spacial score (nSPS) is 10.8. The molecule has 19 heavy (non-hydrogen) atoms. The molecule has 0 spiro atoms. The van der Waals surface area contributed by atoms with Crippen LogP contribution in [0.15, 0.2) is 53.9 Å². The Balaban J connectivity index is 2.05. The van der Waals surface area contributed by atoms with Crippen molar-refractivity contribution in [2.75, 3.05) is 0 Å². The fraction of sp³-hybridized carbons (Fsp3) is 0.118. The summed E-state index contributed by atoms with van der Waals surface area (Å²) in [5, 5.41) is 4.33. The van der Waals surface area contributed by atoms with E-state index in [1.807, 2.05) is 29.6 Å². The van der Waals surface area contributed by atoms with E-state index < -0.39 is 0 Å². The lowest BCUT2D eigenvalue weighted by Crippen LogP contribution is -2.03. The minimum atomic E-state index is 0.203. The third-order valence-electron chi connectivity index (χ3n) is 3.41. The van der Waals surface area contributed by atoms with E-state index in [0.717, 1.165) is 10.4 Å². The lowest BCUT2D eigenvalue weighted by atomic mass is 9.95. The summed E-state index contributed by atoms with van der Waals surface area (Å²) in [5.74, 6) is 0.203. The zero-order valence-electron chi connectivity index (χ0n) is 10.7. The van der Waals surface area contributed by atoms with Gasteiger partial charge >= 0.3 is 0 Å². The molecule has 2 heteroatoms. The lowest BCUT2D eigenvalue weighted by molar-refractivity contribution is 0.0997. The smallest absolute Gasteiger partial charge is 0.177 e. The summed E-state index contributed by atoms with van der Waals surface area (Å²) in [5.41, 5.74) is 2.33. The molecule has 0 bridgehead atoms. The molecular formula is C17H14OS. The van der Waals surface area contributed by atoms with Crippen molar-refractivity contribution in [3.63, 3.8) is 0 Å². The topological polar surface area (TPSA) is 17.1 Å². The summed E-state index contributed by atoms with van der Waals surface area (Å²) in [6, 6.07) is 16.3. The largest absolute Gasteiger partial charge is 0.293 e. The molecule has 1 aromatic heterocycles. The molecule has 0 radical (unpaired) electrons. The Morgan fingerprint density at radius 1 is 1.05 bits per heavy atom. The number of ketones is 1. The Bertz CT molecular complexity index is 726. The van der Waals surface area contributed by atoms with Crippen molar-refractivity contribution in [3.05, 3.63) is 69.9 Å². The van der Waals surface area contributed by atoms with E-state index in [9.17, 15) is 4.79 Å². The van der Waals surface area contributed by atoms with Gasteiger partial charge in [0.05, 0.1) is 4.88 Å². The molecule has 0 amide bonds. The molecule has 0 unspecified atom stereocenters. The molecule has 0 aliphatic heterocycles. The molecule has 0 saturated carbocycles. The number of benzene rings is 2. The first kappa shape index (κ1) is 12.1. The van der Waals surface area contributed by atoms with Crippen LogP contribution in [0, 0.1) is 6.92 Å². The van der Waals surface area contributed by atoms with Gasteiger partial charge in [0.25, 0.3) is 0 Å². The van der Waals surface area contributed by atoms with Crippen molar-refractivity contribution in [2.24, 2.45) is 0 Å². The van der Waals surface area contributed by atoms with E-state index >= 15 is 0 Å². The van der Waals surface area contributed by atoms with Gasteiger partial charge in [0.15, 0.2) is 5.78 Å². The predicted octanol–water partition coefficient (Wildman–Crippen LogP) is 4.64. The molecule has 3 rings (SSSR count). The zero-order chi connectivity index (χ0) is 13.2.